The van der Waals surface area contributed by atoms with Crippen LogP contribution in [0.3, 0.4) is 0 Å². The monoisotopic (exact) mass is 769 g/mol. The van der Waals surface area contributed by atoms with Crippen LogP contribution < -0.4 is 4.74 Å². The first-order valence-electron chi connectivity index (χ1n) is 14.9. The second-order valence-corrected chi connectivity index (χ2v) is 12.4. The van der Waals surface area contributed by atoms with Crippen LogP contribution in [0.25, 0.3) is 44.4 Å². The molecule has 6 heteroatoms. The number of hydrogen-bond acceptors (Lipinski definition) is 3. The quantitative estimate of drug-likeness (QED) is 0.164. The summed E-state index contributed by atoms with van der Waals surface area (Å²) in [7, 11) is 0. The number of rotatable bonds is 5. The Labute approximate surface area is 278 Å². The van der Waals surface area contributed by atoms with Crippen molar-refractivity contribution in [2.45, 2.75) is 47.0 Å². The Bertz CT molecular complexity index is 2170. The van der Waals surface area contributed by atoms with Gasteiger partial charge in [0.2, 0.25) is 0 Å². The number of pyridine rings is 1. The van der Waals surface area contributed by atoms with Gasteiger partial charge in [-0.05, 0) is 66.6 Å². The van der Waals surface area contributed by atoms with Crippen LogP contribution in [0.2, 0.25) is 0 Å². The number of para-hydroxylation sites is 1. The van der Waals surface area contributed by atoms with Crippen molar-refractivity contribution >= 4 is 21.8 Å². The number of fused-ring (bicyclic) bond motifs is 3. The zero-order chi connectivity index (χ0) is 30.6. The van der Waals surface area contributed by atoms with Crippen molar-refractivity contribution in [1.29, 1.82) is 0 Å². The molecule has 5 nitrogen and oxygen atoms in total. The van der Waals surface area contributed by atoms with Gasteiger partial charge < -0.3 is 9.30 Å². The molecule has 0 aliphatic carbocycles. The first-order valence-corrected chi connectivity index (χ1v) is 14.9. The van der Waals surface area contributed by atoms with Gasteiger partial charge in [0.15, 0.2) is 0 Å². The fourth-order valence-electron chi connectivity index (χ4n) is 5.93. The first kappa shape index (κ1) is 30.6. The van der Waals surface area contributed by atoms with E-state index >= 15 is 0 Å². The molecular weight excluding hydrogens is 736 g/mol. The van der Waals surface area contributed by atoms with E-state index in [1.807, 2.05) is 42.1 Å². The zero-order valence-electron chi connectivity index (χ0n) is 26.3. The molecule has 0 saturated carbocycles. The molecular formula is C39H34N4OPt. The maximum atomic E-state index is 6.40. The molecule has 4 aromatic carbocycles. The van der Waals surface area contributed by atoms with E-state index in [1.165, 1.54) is 11.1 Å². The number of aromatic nitrogens is 4. The average Bonchev–Trinajstić information content (AvgIpc) is 3.50. The molecule has 0 bridgehead atoms. The van der Waals surface area contributed by atoms with Gasteiger partial charge in [-0.1, -0.05) is 74.3 Å². The van der Waals surface area contributed by atoms with Crippen LogP contribution in [0.5, 0.6) is 11.5 Å². The molecule has 0 unspecified atom stereocenters. The molecule has 0 fully saturated rings. The maximum absolute atomic E-state index is 6.40. The number of hydrogen-bond donors (Lipinski definition) is 0. The SMILES string of the molecule is Cc1ccc(-c2c(C)nn(-c3[c-]c(Oc4[c-]c5c(cc4)c4ccccc4n5-c4cc(C(C)(C)C)ccn4)ccc3)c2C)cc1.[Pt+2]. The largest absolute Gasteiger partial charge is 2.00 e. The van der Waals surface area contributed by atoms with Gasteiger partial charge >= 0.3 is 21.1 Å². The summed E-state index contributed by atoms with van der Waals surface area (Å²) in [4.78, 5) is 4.78. The molecule has 0 aliphatic heterocycles. The fourth-order valence-corrected chi connectivity index (χ4v) is 5.93. The maximum Gasteiger partial charge on any atom is 2.00 e. The third-order valence-corrected chi connectivity index (χ3v) is 8.23. The van der Waals surface area contributed by atoms with Gasteiger partial charge in [0, 0.05) is 34.5 Å². The van der Waals surface area contributed by atoms with Crippen LogP contribution >= 0.6 is 0 Å². The Morgan fingerprint density at radius 2 is 1.51 bits per heavy atom. The molecule has 0 N–H and O–H groups in total. The standard InChI is InChI=1S/C39H34N4O.Pt/c1-25-14-16-28(17-15-25)38-26(2)41-43(27(38)3)30-10-9-11-31(23-30)44-32-18-19-34-33-12-7-8-13-35(33)42(36(34)24-32)37-22-29(20-21-40-37)39(4,5)6;/h7-22H,1-6H3;/q-2;+2. The molecule has 0 atom stereocenters. The van der Waals surface area contributed by atoms with Crippen molar-refractivity contribution in [3.05, 3.63) is 132 Å². The smallest absolute Gasteiger partial charge is 0.509 e. The number of nitrogens with zero attached hydrogens (tertiary/aromatic N) is 4. The van der Waals surface area contributed by atoms with Gasteiger partial charge in [0.25, 0.3) is 0 Å². The Balaban J connectivity index is 0.00000357. The minimum atomic E-state index is 0. The molecule has 0 amide bonds. The van der Waals surface area contributed by atoms with Crippen molar-refractivity contribution in [3.63, 3.8) is 0 Å². The summed E-state index contributed by atoms with van der Waals surface area (Å²) in [6.45, 7) is 12.9. The molecule has 0 aliphatic rings. The van der Waals surface area contributed by atoms with Gasteiger partial charge in [-0.25, -0.2) is 4.98 Å². The van der Waals surface area contributed by atoms with Crippen molar-refractivity contribution < 1.29 is 25.8 Å². The van der Waals surface area contributed by atoms with E-state index in [4.69, 9.17) is 14.8 Å². The summed E-state index contributed by atoms with van der Waals surface area (Å²) >= 11 is 0. The average molecular weight is 770 g/mol. The molecule has 0 spiro atoms. The van der Waals surface area contributed by atoms with E-state index < -0.39 is 0 Å². The molecule has 0 radical (unpaired) electrons. The summed E-state index contributed by atoms with van der Waals surface area (Å²) in [5, 5.41) is 7.12. The molecule has 0 saturated heterocycles. The number of ether oxygens (including phenoxy) is 1. The number of benzene rings is 4. The van der Waals surface area contributed by atoms with Crippen LogP contribution in [0.4, 0.5) is 0 Å². The second-order valence-electron chi connectivity index (χ2n) is 12.4. The van der Waals surface area contributed by atoms with Crippen LogP contribution in [0, 0.1) is 32.9 Å². The van der Waals surface area contributed by atoms with E-state index in [2.05, 4.69) is 118 Å². The Morgan fingerprint density at radius 1 is 0.756 bits per heavy atom. The molecule has 3 heterocycles. The molecule has 7 aromatic rings. The van der Waals surface area contributed by atoms with E-state index in [9.17, 15) is 0 Å². The Morgan fingerprint density at radius 3 is 2.29 bits per heavy atom. The van der Waals surface area contributed by atoms with E-state index in [-0.39, 0.29) is 26.5 Å². The minimum Gasteiger partial charge on any atom is -0.509 e. The second kappa shape index (κ2) is 11.8. The van der Waals surface area contributed by atoms with Crippen molar-refractivity contribution in [2.24, 2.45) is 0 Å². The molecule has 3 aromatic heterocycles. The third kappa shape index (κ3) is 5.62. The fraction of sp³-hybridized carbons (Fsp3) is 0.179. The van der Waals surface area contributed by atoms with Gasteiger partial charge in [-0.3, -0.25) is 4.68 Å². The van der Waals surface area contributed by atoms with Crippen LogP contribution in [-0.4, -0.2) is 19.3 Å². The Kier molecular flexibility index (Phi) is 8.01. The van der Waals surface area contributed by atoms with Crippen molar-refractivity contribution in [1.82, 2.24) is 19.3 Å². The predicted molar refractivity (Wildman–Crippen MR) is 178 cm³/mol. The van der Waals surface area contributed by atoms with Crippen molar-refractivity contribution in [2.75, 3.05) is 0 Å². The predicted octanol–water partition coefficient (Wildman–Crippen LogP) is 9.64. The van der Waals surface area contributed by atoms with Gasteiger partial charge in [0.05, 0.1) is 5.69 Å². The van der Waals surface area contributed by atoms with Crippen LogP contribution in [-0.2, 0) is 26.5 Å². The van der Waals surface area contributed by atoms with E-state index in [1.54, 1.807) is 0 Å². The Hall–Kier alpha value is -4.47. The topological polar surface area (TPSA) is 44.9 Å². The molecule has 226 valence electrons. The van der Waals surface area contributed by atoms with Crippen molar-refractivity contribution in [3.8, 4) is 34.1 Å². The normalized spacial score (nSPS) is 11.6. The molecule has 45 heavy (non-hydrogen) atoms. The summed E-state index contributed by atoms with van der Waals surface area (Å²) in [6.07, 6.45) is 1.89. The molecule has 7 rings (SSSR count). The van der Waals surface area contributed by atoms with Crippen LogP contribution in [0.15, 0.2) is 97.2 Å². The van der Waals surface area contributed by atoms with Crippen LogP contribution in [0.1, 0.15) is 43.3 Å². The summed E-state index contributed by atoms with van der Waals surface area (Å²) in [5.74, 6) is 2.06. The van der Waals surface area contributed by atoms with Gasteiger partial charge in [-0.15, -0.1) is 35.7 Å². The van der Waals surface area contributed by atoms with E-state index in [0.29, 0.717) is 11.5 Å². The summed E-state index contributed by atoms with van der Waals surface area (Å²) in [5.41, 5.74) is 9.61. The van der Waals surface area contributed by atoms with Gasteiger partial charge in [0.1, 0.15) is 5.82 Å². The van der Waals surface area contributed by atoms with Gasteiger partial charge in [-0.2, -0.15) is 17.2 Å². The van der Waals surface area contributed by atoms with E-state index in [0.717, 1.165) is 55.8 Å². The first-order chi connectivity index (χ1) is 21.2. The minimum absolute atomic E-state index is 0. The summed E-state index contributed by atoms with van der Waals surface area (Å²) in [6, 6.07) is 38.2. The summed E-state index contributed by atoms with van der Waals surface area (Å²) < 4.78 is 10.5. The third-order valence-electron chi connectivity index (χ3n) is 8.23. The number of aryl methyl sites for hydroxylation is 2. The zero-order valence-corrected chi connectivity index (χ0v) is 28.5.